The van der Waals surface area contributed by atoms with Crippen molar-refractivity contribution in [1.29, 1.82) is 0 Å². The maximum absolute atomic E-state index is 13.5. The minimum absolute atomic E-state index is 0.295. The van der Waals surface area contributed by atoms with Crippen LogP contribution in [0.4, 0.5) is 0 Å². The van der Waals surface area contributed by atoms with Crippen molar-refractivity contribution in [1.82, 2.24) is 0 Å². The minimum atomic E-state index is -2.73. The molecule has 0 amide bonds. The molecule has 0 aliphatic heterocycles. The fraction of sp³-hybridized carbons (Fsp3) is 0.680. The van der Waals surface area contributed by atoms with Crippen LogP contribution < -0.4 is 4.74 Å². The number of esters is 1. The van der Waals surface area contributed by atoms with E-state index in [2.05, 4.69) is 27.7 Å². The molecular formula is C25H43O4P. The van der Waals surface area contributed by atoms with E-state index in [0.29, 0.717) is 11.3 Å². The third kappa shape index (κ3) is 7.69. The molecule has 4 nitrogen and oxygen atoms in total. The summed E-state index contributed by atoms with van der Waals surface area (Å²) in [6, 6.07) is 6.96. The molecule has 0 aromatic heterocycles. The van der Waals surface area contributed by atoms with Crippen molar-refractivity contribution in [3.63, 3.8) is 0 Å². The number of hydrogen-bond donors (Lipinski definition) is 0. The van der Waals surface area contributed by atoms with Crippen LogP contribution in [0.5, 0.6) is 5.75 Å². The molecule has 0 spiro atoms. The summed E-state index contributed by atoms with van der Waals surface area (Å²) in [5.41, 5.74) is 0.364. The van der Waals surface area contributed by atoms with Crippen molar-refractivity contribution in [3.05, 3.63) is 29.8 Å². The Hall–Kier alpha value is -1.41. The first-order valence-corrected chi connectivity index (χ1v) is 14.8. The van der Waals surface area contributed by atoms with Crippen LogP contribution in [0.15, 0.2) is 24.3 Å². The summed E-state index contributed by atoms with van der Waals surface area (Å²) in [5.74, 6) is -0.450. The topological polar surface area (TPSA) is 52.6 Å². The van der Waals surface area contributed by atoms with Crippen LogP contribution in [0.2, 0.25) is 0 Å². The van der Waals surface area contributed by atoms with Crippen LogP contribution in [0.3, 0.4) is 0 Å². The molecule has 0 fully saturated rings. The van der Waals surface area contributed by atoms with Crippen LogP contribution in [0.1, 0.15) is 96.3 Å². The molecular weight excluding hydrogens is 395 g/mol. The second-order valence-electron chi connectivity index (χ2n) is 8.64. The second kappa shape index (κ2) is 13.1. The summed E-state index contributed by atoms with van der Waals surface area (Å²) in [7, 11) is 0. The van der Waals surface area contributed by atoms with E-state index in [1.54, 1.807) is 24.3 Å². The van der Waals surface area contributed by atoms with Crippen molar-refractivity contribution >= 4 is 18.8 Å². The van der Waals surface area contributed by atoms with Gasteiger partial charge in [0.15, 0.2) is 0 Å². The van der Waals surface area contributed by atoms with E-state index < -0.39 is 12.8 Å². The van der Waals surface area contributed by atoms with E-state index in [-0.39, 0.29) is 5.97 Å². The molecule has 0 heterocycles. The first-order chi connectivity index (χ1) is 14.3. The number of carbonyl (C=O) groups is 2. The average Bonchev–Trinajstić information content (AvgIpc) is 2.74. The summed E-state index contributed by atoms with van der Waals surface area (Å²) in [4.78, 5) is 25.1. The Morgan fingerprint density at radius 1 is 0.767 bits per heavy atom. The van der Waals surface area contributed by atoms with E-state index in [9.17, 15) is 9.59 Å². The number of ether oxygens (including phenoxy) is 1. The molecule has 172 valence electrons. The van der Waals surface area contributed by atoms with Gasteiger partial charge in [-0.05, 0) is 0 Å². The SMILES string of the molecule is CCCCP(CCCC)(CCCC)(CCCC)OC(=O)c1ccccc1OC(C)=O. The third-order valence-electron chi connectivity index (χ3n) is 6.01. The van der Waals surface area contributed by atoms with Crippen molar-refractivity contribution in [2.45, 2.75) is 86.0 Å². The number of unbranched alkanes of at least 4 members (excludes halogenated alkanes) is 4. The number of rotatable bonds is 15. The molecule has 0 bridgehead atoms. The van der Waals surface area contributed by atoms with Gasteiger partial charge in [-0.3, -0.25) is 0 Å². The first kappa shape index (κ1) is 26.6. The van der Waals surface area contributed by atoms with Crippen molar-refractivity contribution in [2.24, 2.45) is 0 Å². The molecule has 30 heavy (non-hydrogen) atoms. The Bertz CT molecular complexity index is 627. The average molecular weight is 439 g/mol. The summed E-state index contributed by atoms with van der Waals surface area (Å²) in [5, 5.41) is 0. The molecule has 5 heteroatoms. The Balaban J connectivity index is 3.43. The van der Waals surface area contributed by atoms with Gasteiger partial charge in [-0.25, -0.2) is 0 Å². The van der Waals surface area contributed by atoms with Gasteiger partial charge in [-0.2, -0.15) is 0 Å². The summed E-state index contributed by atoms with van der Waals surface area (Å²) < 4.78 is 12.1. The Morgan fingerprint density at radius 3 is 1.60 bits per heavy atom. The molecule has 0 unspecified atom stereocenters. The van der Waals surface area contributed by atoms with Gasteiger partial charge in [-0.15, -0.1) is 0 Å². The van der Waals surface area contributed by atoms with E-state index in [1.807, 2.05) is 0 Å². The van der Waals surface area contributed by atoms with Gasteiger partial charge in [0.2, 0.25) is 0 Å². The van der Waals surface area contributed by atoms with Crippen LogP contribution >= 0.6 is 6.83 Å². The van der Waals surface area contributed by atoms with Crippen molar-refractivity contribution in [2.75, 3.05) is 24.6 Å². The molecule has 0 aliphatic rings. The predicted octanol–water partition coefficient (Wildman–Crippen LogP) is 7.44. The van der Waals surface area contributed by atoms with Crippen LogP contribution in [-0.2, 0) is 9.32 Å². The van der Waals surface area contributed by atoms with E-state index in [1.165, 1.54) is 6.92 Å². The summed E-state index contributed by atoms with van der Waals surface area (Å²) >= 11 is 0. The number of carbonyl (C=O) groups excluding carboxylic acids is 2. The zero-order valence-corrected chi connectivity index (χ0v) is 20.8. The fourth-order valence-corrected chi connectivity index (χ4v) is 11.0. The number of hydrogen-bond acceptors (Lipinski definition) is 4. The van der Waals surface area contributed by atoms with Gasteiger partial charge in [0, 0.05) is 0 Å². The number of para-hydroxylation sites is 1. The van der Waals surface area contributed by atoms with Gasteiger partial charge < -0.3 is 0 Å². The molecule has 0 aliphatic carbocycles. The zero-order valence-electron chi connectivity index (χ0n) is 19.9. The van der Waals surface area contributed by atoms with Gasteiger partial charge in [0.25, 0.3) is 0 Å². The first-order valence-electron chi connectivity index (χ1n) is 11.9. The summed E-state index contributed by atoms with van der Waals surface area (Å²) in [6.45, 7) is 7.47. The molecule has 1 aromatic rings. The molecule has 0 atom stereocenters. The van der Waals surface area contributed by atoms with Crippen LogP contribution in [-0.4, -0.2) is 36.6 Å². The molecule has 0 saturated carbocycles. The molecule has 1 rings (SSSR count). The van der Waals surface area contributed by atoms with Gasteiger partial charge in [0.05, 0.1) is 0 Å². The molecule has 0 saturated heterocycles. The van der Waals surface area contributed by atoms with Gasteiger partial charge in [-0.1, -0.05) is 0 Å². The van der Waals surface area contributed by atoms with Crippen LogP contribution in [0, 0.1) is 0 Å². The Morgan fingerprint density at radius 2 is 1.20 bits per heavy atom. The zero-order chi connectivity index (χ0) is 22.5. The summed E-state index contributed by atoms with van der Waals surface area (Å²) in [6.07, 6.45) is 12.8. The van der Waals surface area contributed by atoms with Crippen LogP contribution in [0.25, 0.3) is 0 Å². The molecule has 1 aromatic carbocycles. The van der Waals surface area contributed by atoms with E-state index in [0.717, 1.165) is 76.0 Å². The predicted molar refractivity (Wildman–Crippen MR) is 129 cm³/mol. The van der Waals surface area contributed by atoms with E-state index >= 15 is 0 Å². The quantitative estimate of drug-likeness (QED) is 0.162. The van der Waals surface area contributed by atoms with E-state index in [4.69, 9.17) is 9.26 Å². The standard InChI is InChI=1S/C25H43O4P/c1-6-10-18-30(19-11-7-2,20-12-8-3,21-13-9-4)29-25(27)23-16-14-15-17-24(23)28-22(5)26/h14-17H,6-13,18-21H2,1-5H3. The van der Waals surface area contributed by atoms with Crippen molar-refractivity contribution < 1.29 is 18.8 Å². The normalized spacial score (nSPS) is 12.8. The van der Waals surface area contributed by atoms with Crippen molar-refractivity contribution in [3.8, 4) is 5.75 Å². The third-order valence-corrected chi connectivity index (χ3v) is 12.5. The second-order valence-corrected chi connectivity index (χ2v) is 14.3. The molecule has 0 N–H and O–H groups in total. The Labute approximate surface area is 184 Å². The van der Waals surface area contributed by atoms with Gasteiger partial charge in [0.1, 0.15) is 0 Å². The number of benzene rings is 1. The Kier molecular flexibility index (Phi) is 11.6. The fourth-order valence-electron chi connectivity index (χ4n) is 4.25. The maximum atomic E-state index is 13.5. The monoisotopic (exact) mass is 438 g/mol. The molecule has 0 radical (unpaired) electrons. The van der Waals surface area contributed by atoms with Gasteiger partial charge >= 0.3 is 184 Å².